The van der Waals surface area contributed by atoms with Gasteiger partial charge in [0.15, 0.2) is 15.5 Å². The number of carbonyl (C=O) groups is 1. The van der Waals surface area contributed by atoms with E-state index < -0.39 is 15.8 Å². The van der Waals surface area contributed by atoms with Gasteiger partial charge in [0, 0.05) is 6.54 Å². The number of hydrogen-bond acceptors (Lipinski definition) is 6. The predicted molar refractivity (Wildman–Crippen MR) is 68.9 cm³/mol. The summed E-state index contributed by atoms with van der Waals surface area (Å²) in [7, 11) is -3.01. The van der Waals surface area contributed by atoms with Crippen LogP contribution in [0.15, 0.2) is 12.4 Å². The third-order valence-corrected chi connectivity index (χ3v) is 4.58. The molecule has 1 saturated carbocycles. The number of nitrogens with zero attached hydrogens (tertiary/aromatic N) is 2. The number of rotatable bonds is 7. The van der Waals surface area contributed by atoms with Gasteiger partial charge in [-0.3, -0.25) is 0 Å². The Hall–Kier alpha value is -1.70. The molecule has 1 heterocycles. The standard InChI is InChI=1S/C11H15N3O4S/c15-11(16)9-5-14-10(6-13-9)12-3-4-19(17,18)7-8-1-2-8/h5-6,8H,1-4,7H2,(H,12,14)(H,15,16). The second kappa shape index (κ2) is 5.52. The molecule has 19 heavy (non-hydrogen) atoms. The molecule has 0 spiro atoms. The lowest BCUT2D eigenvalue weighted by molar-refractivity contribution is 0.0690. The zero-order valence-electron chi connectivity index (χ0n) is 10.2. The number of nitrogens with one attached hydrogen (secondary N) is 1. The topological polar surface area (TPSA) is 109 Å². The number of aromatic nitrogens is 2. The van der Waals surface area contributed by atoms with Gasteiger partial charge in [0.05, 0.1) is 23.9 Å². The van der Waals surface area contributed by atoms with E-state index in [1.54, 1.807) is 0 Å². The second-order valence-corrected chi connectivity index (χ2v) is 6.81. The fraction of sp³-hybridized carbons (Fsp3) is 0.545. The van der Waals surface area contributed by atoms with Crippen LogP contribution in [-0.4, -0.2) is 47.5 Å². The van der Waals surface area contributed by atoms with Crippen molar-refractivity contribution in [1.82, 2.24) is 9.97 Å². The molecule has 0 aromatic carbocycles. The third-order valence-electron chi connectivity index (χ3n) is 2.78. The predicted octanol–water partition coefficient (Wildman–Crippen LogP) is 0.411. The fourth-order valence-electron chi connectivity index (χ4n) is 1.59. The molecule has 1 fully saturated rings. The Bertz CT molecular complexity index is 552. The highest BCUT2D eigenvalue weighted by Crippen LogP contribution is 2.30. The molecule has 2 rings (SSSR count). The molecule has 1 aromatic rings. The number of carboxylic acids is 1. The van der Waals surface area contributed by atoms with Gasteiger partial charge in [-0.2, -0.15) is 0 Å². The number of carboxylic acid groups (broad SMARTS) is 1. The van der Waals surface area contributed by atoms with Crippen molar-refractivity contribution in [2.45, 2.75) is 12.8 Å². The van der Waals surface area contributed by atoms with Gasteiger partial charge in [0.25, 0.3) is 0 Å². The van der Waals surface area contributed by atoms with Gasteiger partial charge < -0.3 is 10.4 Å². The van der Waals surface area contributed by atoms with Crippen LogP contribution in [0, 0.1) is 5.92 Å². The first kappa shape index (κ1) is 13.7. The Kier molecular flexibility index (Phi) is 3.98. The van der Waals surface area contributed by atoms with E-state index in [-0.39, 0.29) is 23.7 Å². The van der Waals surface area contributed by atoms with E-state index in [1.165, 1.54) is 6.20 Å². The maximum absolute atomic E-state index is 11.7. The van der Waals surface area contributed by atoms with Crippen molar-refractivity contribution in [3.63, 3.8) is 0 Å². The van der Waals surface area contributed by atoms with E-state index in [4.69, 9.17) is 5.11 Å². The van der Waals surface area contributed by atoms with Crippen molar-refractivity contribution < 1.29 is 18.3 Å². The van der Waals surface area contributed by atoms with E-state index in [1.807, 2.05) is 0 Å². The van der Waals surface area contributed by atoms with Crippen molar-refractivity contribution in [3.05, 3.63) is 18.1 Å². The Morgan fingerprint density at radius 2 is 2.11 bits per heavy atom. The van der Waals surface area contributed by atoms with E-state index >= 15 is 0 Å². The highest BCUT2D eigenvalue weighted by Gasteiger charge is 2.27. The zero-order chi connectivity index (χ0) is 13.9. The van der Waals surface area contributed by atoms with E-state index in [0.717, 1.165) is 19.0 Å². The van der Waals surface area contributed by atoms with Crippen LogP contribution in [0.2, 0.25) is 0 Å². The van der Waals surface area contributed by atoms with Crippen LogP contribution in [0.1, 0.15) is 23.3 Å². The maximum atomic E-state index is 11.7. The summed E-state index contributed by atoms with van der Waals surface area (Å²) >= 11 is 0. The van der Waals surface area contributed by atoms with Gasteiger partial charge in [0.1, 0.15) is 5.82 Å². The zero-order valence-corrected chi connectivity index (χ0v) is 11.1. The minimum absolute atomic E-state index is 0.0475. The molecule has 2 N–H and O–H groups in total. The molecular formula is C11H15N3O4S. The minimum Gasteiger partial charge on any atom is -0.476 e. The molecule has 0 aliphatic heterocycles. The Labute approximate surface area is 111 Å². The molecule has 1 aromatic heterocycles. The van der Waals surface area contributed by atoms with Gasteiger partial charge >= 0.3 is 5.97 Å². The lowest BCUT2D eigenvalue weighted by atomic mass is 10.4. The minimum atomic E-state index is -3.01. The van der Waals surface area contributed by atoms with Crippen molar-refractivity contribution in [2.75, 3.05) is 23.4 Å². The largest absolute Gasteiger partial charge is 0.476 e. The quantitative estimate of drug-likeness (QED) is 0.746. The molecule has 0 bridgehead atoms. The van der Waals surface area contributed by atoms with Gasteiger partial charge in [0.2, 0.25) is 0 Å². The van der Waals surface area contributed by atoms with Crippen molar-refractivity contribution in [1.29, 1.82) is 0 Å². The highest BCUT2D eigenvalue weighted by molar-refractivity contribution is 7.91. The summed E-state index contributed by atoms with van der Waals surface area (Å²) in [5.74, 6) is -0.123. The first-order valence-corrected chi connectivity index (χ1v) is 7.78. The van der Waals surface area contributed by atoms with Crippen LogP contribution in [0.3, 0.4) is 0 Å². The lowest BCUT2D eigenvalue weighted by Crippen LogP contribution is -2.19. The van der Waals surface area contributed by atoms with Gasteiger partial charge in [-0.05, 0) is 18.8 Å². The van der Waals surface area contributed by atoms with E-state index in [2.05, 4.69) is 15.3 Å². The van der Waals surface area contributed by atoms with Gasteiger partial charge in [-0.1, -0.05) is 0 Å². The highest BCUT2D eigenvalue weighted by atomic mass is 32.2. The Balaban J connectivity index is 1.80. The van der Waals surface area contributed by atoms with E-state index in [0.29, 0.717) is 11.7 Å². The van der Waals surface area contributed by atoms with Gasteiger partial charge in [-0.15, -0.1) is 0 Å². The lowest BCUT2D eigenvalue weighted by Gasteiger charge is -2.06. The molecule has 0 radical (unpaired) electrons. The molecular weight excluding hydrogens is 270 g/mol. The van der Waals surface area contributed by atoms with Gasteiger partial charge in [-0.25, -0.2) is 23.2 Å². The number of anilines is 1. The van der Waals surface area contributed by atoms with Crippen LogP contribution in [0.5, 0.6) is 0 Å². The molecule has 0 amide bonds. The smallest absolute Gasteiger partial charge is 0.356 e. The summed E-state index contributed by atoms with van der Waals surface area (Å²) in [6.45, 7) is 0.246. The van der Waals surface area contributed by atoms with Crippen LogP contribution < -0.4 is 5.32 Å². The van der Waals surface area contributed by atoms with Crippen LogP contribution in [0.25, 0.3) is 0 Å². The molecule has 104 valence electrons. The summed E-state index contributed by atoms with van der Waals surface area (Å²) < 4.78 is 23.3. The first-order chi connectivity index (χ1) is 8.96. The number of aromatic carboxylic acids is 1. The normalized spacial score (nSPS) is 15.2. The molecule has 1 aliphatic rings. The summed E-state index contributed by atoms with van der Waals surface area (Å²) in [5, 5.41) is 11.5. The fourth-order valence-corrected chi connectivity index (χ4v) is 3.22. The van der Waals surface area contributed by atoms with Crippen LogP contribution >= 0.6 is 0 Å². The summed E-state index contributed by atoms with van der Waals surface area (Å²) in [6.07, 6.45) is 4.42. The monoisotopic (exact) mass is 285 g/mol. The van der Waals surface area contributed by atoms with Crippen LogP contribution in [-0.2, 0) is 9.84 Å². The van der Waals surface area contributed by atoms with Crippen molar-refractivity contribution in [3.8, 4) is 0 Å². The number of hydrogen-bond donors (Lipinski definition) is 2. The summed E-state index contributed by atoms with van der Waals surface area (Å²) in [4.78, 5) is 18.1. The molecule has 0 atom stereocenters. The molecule has 1 aliphatic carbocycles. The average molecular weight is 285 g/mol. The SMILES string of the molecule is O=C(O)c1cnc(NCCS(=O)(=O)CC2CC2)cn1. The third kappa shape index (κ3) is 4.47. The average Bonchev–Trinajstić information content (AvgIpc) is 3.12. The number of sulfone groups is 1. The molecule has 0 saturated heterocycles. The Morgan fingerprint density at radius 3 is 2.63 bits per heavy atom. The summed E-state index contributed by atoms with van der Waals surface area (Å²) in [6, 6.07) is 0. The summed E-state index contributed by atoms with van der Waals surface area (Å²) in [5.41, 5.74) is -0.146. The molecule has 8 heteroatoms. The first-order valence-electron chi connectivity index (χ1n) is 5.96. The van der Waals surface area contributed by atoms with E-state index in [9.17, 15) is 13.2 Å². The van der Waals surface area contributed by atoms with Crippen LogP contribution in [0.4, 0.5) is 5.82 Å². The maximum Gasteiger partial charge on any atom is 0.356 e. The molecule has 7 nitrogen and oxygen atoms in total. The molecule has 0 unspecified atom stereocenters. The van der Waals surface area contributed by atoms with Crippen molar-refractivity contribution >= 4 is 21.6 Å². The second-order valence-electron chi connectivity index (χ2n) is 4.58. The van der Waals surface area contributed by atoms with Crippen molar-refractivity contribution in [2.24, 2.45) is 5.92 Å². The Morgan fingerprint density at radius 1 is 1.37 bits per heavy atom.